The van der Waals surface area contributed by atoms with Gasteiger partial charge in [-0.25, -0.2) is 0 Å². The van der Waals surface area contributed by atoms with Crippen LogP contribution in [0.3, 0.4) is 0 Å². The van der Waals surface area contributed by atoms with Crippen molar-refractivity contribution in [2.24, 2.45) is 0 Å². The molecule has 0 radical (unpaired) electrons. The highest BCUT2D eigenvalue weighted by Crippen LogP contribution is 2.29. The summed E-state index contributed by atoms with van der Waals surface area (Å²) in [5, 5.41) is 3.14. The second-order valence-electron chi connectivity index (χ2n) is 8.92. The summed E-state index contributed by atoms with van der Waals surface area (Å²) >= 11 is 0. The number of hydrogen-bond donors (Lipinski definition) is 1. The lowest BCUT2D eigenvalue weighted by atomic mass is 9.90. The predicted octanol–water partition coefficient (Wildman–Crippen LogP) is 2.54. The van der Waals surface area contributed by atoms with Crippen molar-refractivity contribution in [3.8, 4) is 11.5 Å². The van der Waals surface area contributed by atoms with Crippen LogP contribution in [0.2, 0.25) is 0 Å². The number of ketones is 2. The van der Waals surface area contributed by atoms with Crippen LogP contribution in [0.15, 0.2) is 54.6 Å². The zero-order valence-corrected chi connectivity index (χ0v) is 20.0. The number of nitrogens with one attached hydrogen (secondary N) is 1. The molecule has 2 saturated heterocycles. The lowest BCUT2D eigenvalue weighted by Crippen LogP contribution is -2.62. The van der Waals surface area contributed by atoms with E-state index in [1.165, 1.54) is 0 Å². The first-order valence-corrected chi connectivity index (χ1v) is 12.0. The first-order chi connectivity index (χ1) is 17.0. The standard InChI is InChI=1S/C27H32N2O6/c1-33-21-10-12-22(13-11-21)35-19-25(31)27(14-6-15-28-27)26(32)29-16-5-9-23(29)24(30)18-34-17-20-7-3-2-4-8-20/h2-4,7-8,10-13,23,28H,5-6,9,14-19H2,1H3/t23-,27-/m0/s1. The molecule has 2 heterocycles. The minimum absolute atomic E-state index is 0.0711. The average molecular weight is 481 g/mol. The molecule has 186 valence electrons. The van der Waals surface area contributed by atoms with Crippen LogP contribution in [0.25, 0.3) is 0 Å². The number of ether oxygens (including phenoxy) is 3. The molecule has 0 aromatic heterocycles. The summed E-state index contributed by atoms with van der Waals surface area (Å²) in [6, 6.07) is 16.0. The van der Waals surface area contributed by atoms with Crippen LogP contribution in [0.4, 0.5) is 0 Å². The van der Waals surface area contributed by atoms with Crippen molar-refractivity contribution in [3.63, 3.8) is 0 Å². The van der Waals surface area contributed by atoms with Gasteiger partial charge in [-0.15, -0.1) is 0 Å². The maximum atomic E-state index is 13.7. The molecule has 2 aromatic carbocycles. The number of amides is 1. The SMILES string of the molecule is COc1ccc(OCC(=O)[C@]2(C(=O)N3CCC[C@H]3C(=O)COCc3ccccc3)CCCN2)cc1. The highest BCUT2D eigenvalue weighted by atomic mass is 16.5. The van der Waals surface area contributed by atoms with Gasteiger partial charge < -0.3 is 19.1 Å². The minimum atomic E-state index is -1.36. The summed E-state index contributed by atoms with van der Waals surface area (Å²) < 4.78 is 16.4. The second-order valence-corrected chi connectivity index (χ2v) is 8.92. The molecule has 8 heteroatoms. The Hall–Kier alpha value is -3.23. The molecule has 0 aliphatic carbocycles. The number of methoxy groups -OCH3 is 1. The van der Waals surface area contributed by atoms with Crippen molar-refractivity contribution in [1.29, 1.82) is 0 Å². The first-order valence-electron chi connectivity index (χ1n) is 12.0. The summed E-state index contributed by atoms with van der Waals surface area (Å²) in [6.07, 6.45) is 2.38. The van der Waals surface area contributed by atoms with Crippen molar-refractivity contribution in [2.75, 3.05) is 33.4 Å². The normalized spacial score (nSPS) is 21.6. The molecule has 0 unspecified atom stereocenters. The highest BCUT2D eigenvalue weighted by molar-refractivity contribution is 6.12. The molecule has 4 rings (SSSR count). The number of carbonyl (C=O) groups is 3. The van der Waals surface area contributed by atoms with E-state index in [1.807, 2.05) is 30.3 Å². The molecule has 8 nitrogen and oxygen atoms in total. The van der Waals surface area contributed by atoms with Crippen LogP contribution in [0.5, 0.6) is 11.5 Å². The van der Waals surface area contributed by atoms with E-state index in [1.54, 1.807) is 36.3 Å². The van der Waals surface area contributed by atoms with Crippen LogP contribution >= 0.6 is 0 Å². The fourth-order valence-electron chi connectivity index (χ4n) is 4.76. The van der Waals surface area contributed by atoms with E-state index in [2.05, 4.69) is 5.32 Å². The Morgan fingerprint density at radius 3 is 2.43 bits per heavy atom. The minimum Gasteiger partial charge on any atom is -0.497 e. The molecule has 1 amide bonds. The van der Waals surface area contributed by atoms with Crippen LogP contribution in [0, 0.1) is 0 Å². The molecular weight excluding hydrogens is 448 g/mol. The van der Waals surface area contributed by atoms with Gasteiger partial charge in [-0.05, 0) is 62.1 Å². The Morgan fingerprint density at radius 1 is 1.00 bits per heavy atom. The van der Waals surface area contributed by atoms with E-state index in [0.717, 1.165) is 5.56 Å². The number of nitrogens with zero attached hydrogens (tertiary/aromatic N) is 1. The van der Waals surface area contributed by atoms with Crippen molar-refractivity contribution < 1.29 is 28.6 Å². The van der Waals surface area contributed by atoms with E-state index in [4.69, 9.17) is 14.2 Å². The van der Waals surface area contributed by atoms with Gasteiger partial charge in [0.15, 0.2) is 17.1 Å². The van der Waals surface area contributed by atoms with Crippen LogP contribution < -0.4 is 14.8 Å². The zero-order chi connectivity index (χ0) is 24.7. The summed E-state index contributed by atoms with van der Waals surface area (Å²) in [5.41, 5.74) is -0.378. The highest BCUT2D eigenvalue weighted by Gasteiger charge is 2.52. The smallest absolute Gasteiger partial charge is 0.251 e. The maximum Gasteiger partial charge on any atom is 0.251 e. The molecule has 35 heavy (non-hydrogen) atoms. The lowest BCUT2D eigenvalue weighted by molar-refractivity contribution is -0.149. The van der Waals surface area contributed by atoms with Crippen molar-refractivity contribution in [3.05, 3.63) is 60.2 Å². The number of Topliss-reactive ketones (excluding diaryl/α,β-unsaturated/α-hetero) is 2. The predicted molar refractivity (Wildman–Crippen MR) is 129 cm³/mol. The van der Waals surface area contributed by atoms with E-state index in [9.17, 15) is 14.4 Å². The third kappa shape index (κ3) is 5.71. The number of benzene rings is 2. The Bertz CT molecular complexity index is 1020. The summed E-state index contributed by atoms with van der Waals surface area (Å²) in [6.45, 7) is 1.03. The fraction of sp³-hybridized carbons (Fsp3) is 0.444. The summed E-state index contributed by atoms with van der Waals surface area (Å²) in [4.78, 5) is 41.5. The van der Waals surface area contributed by atoms with Crippen LogP contribution in [-0.2, 0) is 25.7 Å². The maximum absolute atomic E-state index is 13.7. The molecule has 2 aromatic rings. The Labute approximate surface area is 205 Å². The molecular formula is C27H32N2O6. The second kappa shape index (κ2) is 11.5. The van der Waals surface area contributed by atoms with Gasteiger partial charge in [0.25, 0.3) is 5.91 Å². The number of rotatable bonds is 11. The molecule has 0 spiro atoms. The average Bonchev–Trinajstić information content (AvgIpc) is 3.59. The molecule has 0 bridgehead atoms. The number of likely N-dealkylation sites (tertiary alicyclic amines) is 1. The zero-order valence-electron chi connectivity index (χ0n) is 20.0. The fourth-order valence-corrected chi connectivity index (χ4v) is 4.76. The lowest BCUT2D eigenvalue weighted by Gasteiger charge is -2.34. The van der Waals surface area contributed by atoms with Gasteiger partial charge in [-0.3, -0.25) is 19.7 Å². The topological polar surface area (TPSA) is 94.2 Å². The van der Waals surface area contributed by atoms with E-state index in [0.29, 0.717) is 56.9 Å². The third-order valence-corrected chi connectivity index (χ3v) is 6.67. The first kappa shape index (κ1) is 24.9. The monoisotopic (exact) mass is 480 g/mol. The summed E-state index contributed by atoms with van der Waals surface area (Å²) in [5.74, 6) is 0.406. The van der Waals surface area contributed by atoms with E-state index in [-0.39, 0.29) is 30.7 Å². The molecule has 2 fully saturated rings. The van der Waals surface area contributed by atoms with Crippen LogP contribution in [-0.4, -0.2) is 67.4 Å². The van der Waals surface area contributed by atoms with Gasteiger partial charge >= 0.3 is 0 Å². The molecule has 2 aliphatic rings. The van der Waals surface area contributed by atoms with Gasteiger partial charge in [0.2, 0.25) is 0 Å². The molecule has 0 saturated carbocycles. The molecule has 1 N–H and O–H groups in total. The van der Waals surface area contributed by atoms with Gasteiger partial charge in [0.05, 0.1) is 19.8 Å². The van der Waals surface area contributed by atoms with E-state index >= 15 is 0 Å². The van der Waals surface area contributed by atoms with Crippen molar-refractivity contribution >= 4 is 17.5 Å². The molecule has 2 atom stereocenters. The van der Waals surface area contributed by atoms with Gasteiger partial charge in [-0.2, -0.15) is 0 Å². The Morgan fingerprint density at radius 2 is 1.74 bits per heavy atom. The third-order valence-electron chi connectivity index (χ3n) is 6.67. The van der Waals surface area contributed by atoms with Crippen molar-refractivity contribution in [1.82, 2.24) is 10.2 Å². The quantitative estimate of drug-likeness (QED) is 0.494. The van der Waals surface area contributed by atoms with Gasteiger partial charge in [-0.1, -0.05) is 30.3 Å². The Kier molecular flexibility index (Phi) is 8.15. The van der Waals surface area contributed by atoms with E-state index < -0.39 is 11.6 Å². The van der Waals surface area contributed by atoms with Gasteiger partial charge in [0.1, 0.15) is 24.7 Å². The number of hydrogen-bond acceptors (Lipinski definition) is 7. The number of carbonyl (C=O) groups excluding carboxylic acids is 3. The molecule has 2 aliphatic heterocycles. The van der Waals surface area contributed by atoms with Crippen LogP contribution in [0.1, 0.15) is 31.2 Å². The Balaban J connectivity index is 1.38. The van der Waals surface area contributed by atoms with Gasteiger partial charge in [0, 0.05) is 6.54 Å². The summed E-state index contributed by atoms with van der Waals surface area (Å²) in [7, 11) is 1.58. The largest absolute Gasteiger partial charge is 0.497 e. The van der Waals surface area contributed by atoms with Crippen molar-refractivity contribution in [2.45, 2.75) is 43.9 Å².